The molecule has 0 aliphatic carbocycles. The van der Waals surface area contributed by atoms with Gasteiger partial charge in [-0.3, -0.25) is 4.79 Å². The van der Waals surface area contributed by atoms with Crippen molar-refractivity contribution >= 4 is 57.1 Å². The van der Waals surface area contributed by atoms with E-state index in [0.29, 0.717) is 57.7 Å². The fraction of sp³-hybridized carbons (Fsp3) is 0.312. The number of amides is 1. The molecule has 2 saturated heterocycles. The number of thioether (sulfide) groups is 1. The van der Waals surface area contributed by atoms with Gasteiger partial charge >= 0.3 is 51.4 Å². The topological polar surface area (TPSA) is 71.0 Å². The quantitative estimate of drug-likeness (QED) is 0.405. The van der Waals surface area contributed by atoms with Crippen LogP contribution in [0.25, 0.3) is 17.1 Å². The first kappa shape index (κ1) is 20.2. The molecule has 2 aliphatic rings. The zero-order valence-corrected chi connectivity index (χ0v) is 18.9. The fourth-order valence-electron chi connectivity index (χ4n) is 2.87. The number of thiocarbonyl (C=S) groups is 1. The van der Waals surface area contributed by atoms with Crippen LogP contribution >= 0.6 is 24.0 Å². The van der Waals surface area contributed by atoms with Crippen LogP contribution in [0.15, 0.2) is 23.4 Å². The fourth-order valence-corrected chi connectivity index (χ4v) is 3.90. The first-order valence-corrected chi connectivity index (χ1v) is 9.08. The van der Waals surface area contributed by atoms with Crippen LogP contribution in [0, 0.1) is 0 Å². The molecule has 4 heterocycles. The number of nitrogens with zero attached hydrogens (tertiary/aromatic N) is 4. The van der Waals surface area contributed by atoms with E-state index in [4.69, 9.17) is 12.2 Å². The van der Waals surface area contributed by atoms with Crippen LogP contribution < -0.4 is 61.6 Å². The van der Waals surface area contributed by atoms with Gasteiger partial charge in [-0.1, -0.05) is 24.0 Å². The molecule has 1 N–H and O–H groups in total. The number of piperidine rings is 1. The van der Waals surface area contributed by atoms with Crippen LogP contribution in [-0.2, 0) is 4.79 Å². The van der Waals surface area contributed by atoms with E-state index in [9.17, 15) is 9.18 Å². The Hall–Kier alpha value is -0.494. The van der Waals surface area contributed by atoms with Crippen molar-refractivity contribution in [3.8, 4) is 0 Å². The zero-order valence-electron chi connectivity index (χ0n) is 15.1. The van der Waals surface area contributed by atoms with Crippen LogP contribution in [-0.4, -0.2) is 44.4 Å². The predicted octanol–water partition coefficient (Wildman–Crippen LogP) is -0.432. The van der Waals surface area contributed by atoms with Crippen molar-refractivity contribution in [2.45, 2.75) is 19.0 Å². The third-order valence-corrected chi connectivity index (χ3v) is 5.29. The summed E-state index contributed by atoms with van der Waals surface area (Å²) >= 11 is 6.21. The second kappa shape index (κ2) is 8.68. The number of aromatic nitrogens is 3. The van der Waals surface area contributed by atoms with Crippen molar-refractivity contribution < 1.29 is 62.0 Å². The summed E-state index contributed by atoms with van der Waals surface area (Å²) < 4.78 is 13.9. The van der Waals surface area contributed by atoms with Gasteiger partial charge in [0.1, 0.15) is 22.3 Å². The van der Waals surface area contributed by atoms with Gasteiger partial charge < -0.3 is 11.6 Å². The molecule has 0 spiro atoms. The molecule has 0 radical (unpaired) electrons. The molecule has 10 heteroatoms. The third-order valence-electron chi connectivity index (χ3n) is 4.13. The zero-order chi connectivity index (χ0) is 17.4. The minimum absolute atomic E-state index is 0. The van der Waals surface area contributed by atoms with Crippen LogP contribution in [0.4, 0.5) is 10.2 Å². The second-order valence-electron chi connectivity index (χ2n) is 5.82. The summed E-state index contributed by atoms with van der Waals surface area (Å²) in [7, 11) is 0. The molecule has 26 heavy (non-hydrogen) atoms. The number of pyridine rings is 1. The van der Waals surface area contributed by atoms with Crippen molar-refractivity contribution in [3.63, 3.8) is 0 Å². The van der Waals surface area contributed by atoms with Gasteiger partial charge in [0.25, 0.3) is 5.91 Å². The molecular weight excluding hydrogens is 400 g/mol. The Morgan fingerprint density at radius 1 is 1.35 bits per heavy atom. The minimum Gasteiger partial charge on any atom is -1.00 e. The van der Waals surface area contributed by atoms with Gasteiger partial charge in [0.2, 0.25) is 0 Å². The molecule has 0 unspecified atom stereocenters. The average Bonchev–Trinajstić information content (AvgIpc) is 2.92. The number of fused-ring (bicyclic) bond motifs is 1. The number of rotatable bonds is 2. The summed E-state index contributed by atoms with van der Waals surface area (Å²) in [6.07, 6.45) is 3.42. The van der Waals surface area contributed by atoms with Crippen molar-refractivity contribution in [3.05, 3.63) is 29.1 Å². The van der Waals surface area contributed by atoms with Gasteiger partial charge in [-0.15, -0.1) is 0 Å². The molecule has 4 rings (SSSR count). The summed E-state index contributed by atoms with van der Waals surface area (Å²) in [4.78, 5) is 27.6. The third kappa shape index (κ3) is 4.32. The monoisotopic (exact) mass is 415 g/mol. The number of anilines is 1. The van der Waals surface area contributed by atoms with Gasteiger partial charge in [-0.2, -0.15) is 0 Å². The summed E-state index contributed by atoms with van der Waals surface area (Å²) in [5, 5.41) is 2.58. The van der Waals surface area contributed by atoms with Gasteiger partial charge in [0, 0.05) is 13.1 Å². The van der Waals surface area contributed by atoms with Crippen molar-refractivity contribution in [1.29, 1.82) is 0 Å². The molecule has 0 atom stereocenters. The van der Waals surface area contributed by atoms with E-state index in [2.05, 4.69) is 20.3 Å². The Kier molecular flexibility index (Phi) is 6.76. The maximum Gasteiger partial charge on any atom is 1.00 e. The molecule has 0 saturated carbocycles. The number of carbonyl (C=O) groups is 1. The van der Waals surface area contributed by atoms with Gasteiger partial charge in [-0.25, -0.2) is 19.3 Å². The number of halogens is 1. The summed E-state index contributed by atoms with van der Waals surface area (Å²) in [5.74, 6) is 0.489. The Balaban J connectivity index is 0.00000131. The van der Waals surface area contributed by atoms with Crippen LogP contribution in [0.2, 0.25) is 0 Å². The van der Waals surface area contributed by atoms with E-state index >= 15 is 0 Å². The molecule has 2 aromatic rings. The predicted molar refractivity (Wildman–Crippen MR) is 101 cm³/mol. The SMILES string of the molecule is O=C1NC(=S)S/C1=C/c1ccc2ncnc(N3CCC(F)CC3)c2n1.[H-].[K+]. The van der Waals surface area contributed by atoms with Gasteiger partial charge in [-0.05, 0) is 31.1 Å². The Labute approximate surface area is 203 Å². The Bertz CT molecular complexity index is 908. The standard InChI is InChI=1S/C16H14FN5OS2.K.H/c17-9-3-5-22(6-4-9)14-13-11(18-8-19-14)2-1-10(20-13)7-12-15(23)21-16(24)25-12;;/h1-2,7-9H,3-6H2,(H,21,23,24);;/q;+1;-1/b12-7+;;. The normalized spacial score (nSPS) is 19.7. The average molecular weight is 416 g/mol. The second-order valence-corrected chi connectivity index (χ2v) is 7.53. The van der Waals surface area contributed by atoms with Crippen molar-refractivity contribution in [2.24, 2.45) is 0 Å². The molecule has 6 nitrogen and oxygen atoms in total. The van der Waals surface area contributed by atoms with E-state index in [1.54, 1.807) is 12.1 Å². The minimum atomic E-state index is -0.751. The van der Waals surface area contributed by atoms with Crippen molar-refractivity contribution in [2.75, 3.05) is 18.0 Å². The van der Waals surface area contributed by atoms with E-state index in [-0.39, 0.29) is 58.7 Å². The Morgan fingerprint density at radius 2 is 2.12 bits per heavy atom. The molecule has 2 aliphatic heterocycles. The van der Waals surface area contributed by atoms with E-state index in [1.165, 1.54) is 18.1 Å². The van der Waals surface area contributed by atoms with E-state index < -0.39 is 6.17 Å². The van der Waals surface area contributed by atoms with Crippen molar-refractivity contribution in [1.82, 2.24) is 20.3 Å². The molecule has 0 aromatic carbocycles. The molecule has 0 bridgehead atoms. The molecule has 130 valence electrons. The molecular formula is C16H15FKN5OS2. The molecule has 1 amide bonds. The smallest absolute Gasteiger partial charge is 1.00 e. The number of alkyl halides is 1. The van der Waals surface area contributed by atoms with Gasteiger partial charge in [0.15, 0.2) is 5.82 Å². The van der Waals surface area contributed by atoms with E-state index in [0.717, 1.165) is 0 Å². The summed E-state index contributed by atoms with van der Waals surface area (Å²) in [5.41, 5.74) is 2.00. The molecule has 2 aromatic heterocycles. The number of hydrogen-bond donors (Lipinski definition) is 1. The van der Waals surface area contributed by atoms with E-state index in [1.807, 2.05) is 11.0 Å². The van der Waals surface area contributed by atoms with Crippen LogP contribution in [0.1, 0.15) is 20.0 Å². The number of hydrogen-bond acceptors (Lipinski definition) is 7. The van der Waals surface area contributed by atoms with Crippen LogP contribution in [0.3, 0.4) is 0 Å². The first-order valence-electron chi connectivity index (χ1n) is 7.86. The number of carbonyl (C=O) groups excluding carboxylic acids is 1. The molecule has 2 fully saturated rings. The van der Waals surface area contributed by atoms with Crippen LogP contribution in [0.5, 0.6) is 0 Å². The first-order chi connectivity index (χ1) is 12.1. The van der Waals surface area contributed by atoms with Gasteiger partial charge in [0.05, 0.1) is 16.1 Å². The summed E-state index contributed by atoms with van der Waals surface area (Å²) in [6.45, 7) is 1.21. The largest absolute Gasteiger partial charge is 1.00 e. The maximum absolute atomic E-state index is 13.4. The summed E-state index contributed by atoms with van der Waals surface area (Å²) in [6, 6.07) is 3.65. The maximum atomic E-state index is 13.4. The Morgan fingerprint density at radius 3 is 2.81 bits per heavy atom. The number of nitrogens with one attached hydrogen (secondary N) is 1.